The molecule has 0 aliphatic rings. The van der Waals surface area contributed by atoms with Crippen LogP contribution in [0.25, 0.3) is 22.6 Å². The molecule has 4 heteroatoms. The number of ether oxygens (including phenoxy) is 1. The molecule has 0 bridgehead atoms. The minimum absolute atomic E-state index is 0.134. The van der Waals surface area contributed by atoms with Gasteiger partial charge in [-0.15, -0.1) is 0 Å². The summed E-state index contributed by atoms with van der Waals surface area (Å²) >= 11 is 5.92. The zero-order valence-corrected chi connectivity index (χ0v) is 11.6. The third kappa shape index (κ3) is 2.40. The summed E-state index contributed by atoms with van der Waals surface area (Å²) in [5.74, 6) is 1.46. The van der Waals surface area contributed by atoms with Crippen molar-refractivity contribution in [1.29, 1.82) is 0 Å². The zero-order valence-electron chi connectivity index (χ0n) is 10.8. The van der Waals surface area contributed by atoms with Crippen molar-refractivity contribution >= 4 is 11.6 Å². The fourth-order valence-corrected chi connectivity index (χ4v) is 2.19. The van der Waals surface area contributed by atoms with Crippen LogP contribution in [0.5, 0.6) is 5.75 Å². The van der Waals surface area contributed by atoms with Gasteiger partial charge in [0, 0.05) is 11.1 Å². The summed E-state index contributed by atoms with van der Waals surface area (Å²) in [4.78, 5) is 4.27. The first-order chi connectivity index (χ1) is 9.78. The molecule has 1 aromatic heterocycles. The summed E-state index contributed by atoms with van der Waals surface area (Å²) in [6, 6.07) is 17.4. The van der Waals surface area contributed by atoms with Crippen LogP contribution in [0, 0.1) is 0 Å². The second-order valence-corrected chi connectivity index (χ2v) is 4.56. The number of halogens is 1. The van der Waals surface area contributed by atoms with E-state index in [9.17, 15) is 0 Å². The average Bonchev–Trinajstić information content (AvgIpc) is 2.90. The number of hydrogen-bond acceptors (Lipinski definition) is 3. The van der Waals surface area contributed by atoms with Crippen molar-refractivity contribution in [3.8, 4) is 28.3 Å². The quantitative estimate of drug-likeness (QED) is 0.701. The highest BCUT2D eigenvalue weighted by Crippen LogP contribution is 2.34. The van der Waals surface area contributed by atoms with Gasteiger partial charge in [-0.3, -0.25) is 0 Å². The van der Waals surface area contributed by atoms with Crippen LogP contribution >= 0.6 is 11.6 Å². The monoisotopic (exact) mass is 285 g/mol. The fourth-order valence-electron chi connectivity index (χ4n) is 2.02. The maximum absolute atomic E-state index is 5.92. The number of methoxy groups -OCH3 is 1. The van der Waals surface area contributed by atoms with Gasteiger partial charge in [0.25, 0.3) is 5.35 Å². The lowest BCUT2D eigenvalue weighted by atomic mass is 10.1. The van der Waals surface area contributed by atoms with Gasteiger partial charge in [0.15, 0.2) is 5.76 Å². The standard InChI is InChI=1S/C16H12ClNO2/c1-19-13-9-7-11(8-10-13)14-15(20-16(17)18-14)12-5-3-2-4-6-12/h2-10H,1H3. The Kier molecular flexibility index (Phi) is 3.44. The lowest BCUT2D eigenvalue weighted by Gasteiger charge is -2.03. The second kappa shape index (κ2) is 5.39. The number of aromatic nitrogens is 1. The molecule has 0 unspecified atom stereocenters. The van der Waals surface area contributed by atoms with Gasteiger partial charge in [-0.05, 0) is 35.9 Å². The molecule has 0 saturated carbocycles. The van der Waals surface area contributed by atoms with E-state index in [1.165, 1.54) is 0 Å². The van der Waals surface area contributed by atoms with Crippen molar-refractivity contribution in [2.24, 2.45) is 0 Å². The maximum Gasteiger partial charge on any atom is 0.293 e. The number of oxazole rings is 1. The molecule has 0 spiro atoms. The molecule has 3 aromatic rings. The van der Waals surface area contributed by atoms with E-state index in [1.807, 2.05) is 54.6 Å². The van der Waals surface area contributed by atoms with E-state index in [0.717, 1.165) is 22.6 Å². The molecule has 100 valence electrons. The molecule has 0 aliphatic heterocycles. The van der Waals surface area contributed by atoms with Crippen molar-refractivity contribution in [3.63, 3.8) is 0 Å². The minimum Gasteiger partial charge on any atom is -0.497 e. The Balaban J connectivity index is 2.09. The van der Waals surface area contributed by atoms with Crippen molar-refractivity contribution in [2.45, 2.75) is 0 Å². The molecule has 0 fully saturated rings. The molecular formula is C16H12ClNO2. The van der Waals surface area contributed by atoms with Gasteiger partial charge in [0.2, 0.25) is 0 Å². The predicted octanol–water partition coefficient (Wildman–Crippen LogP) is 4.67. The number of hydrogen-bond donors (Lipinski definition) is 0. The summed E-state index contributed by atoms with van der Waals surface area (Å²) < 4.78 is 10.7. The molecule has 0 saturated heterocycles. The number of nitrogens with zero attached hydrogens (tertiary/aromatic N) is 1. The molecule has 20 heavy (non-hydrogen) atoms. The first kappa shape index (κ1) is 12.8. The second-order valence-electron chi connectivity index (χ2n) is 4.24. The largest absolute Gasteiger partial charge is 0.497 e. The lowest BCUT2D eigenvalue weighted by Crippen LogP contribution is -1.85. The molecule has 2 aromatic carbocycles. The van der Waals surface area contributed by atoms with Gasteiger partial charge in [0.1, 0.15) is 11.4 Å². The van der Waals surface area contributed by atoms with Crippen molar-refractivity contribution in [3.05, 3.63) is 59.9 Å². The van der Waals surface area contributed by atoms with Crippen LogP contribution < -0.4 is 4.74 Å². The van der Waals surface area contributed by atoms with Crippen LogP contribution in [-0.4, -0.2) is 12.1 Å². The normalized spacial score (nSPS) is 10.5. The van der Waals surface area contributed by atoms with E-state index in [2.05, 4.69) is 4.98 Å². The third-order valence-electron chi connectivity index (χ3n) is 3.00. The Bertz CT molecular complexity index is 705. The average molecular weight is 286 g/mol. The summed E-state index contributed by atoms with van der Waals surface area (Å²) in [7, 11) is 1.64. The summed E-state index contributed by atoms with van der Waals surface area (Å²) in [5, 5.41) is 0.134. The van der Waals surface area contributed by atoms with Gasteiger partial charge in [-0.25, -0.2) is 0 Å². The van der Waals surface area contributed by atoms with E-state index in [4.69, 9.17) is 20.8 Å². The van der Waals surface area contributed by atoms with E-state index in [1.54, 1.807) is 7.11 Å². The van der Waals surface area contributed by atoms with E-state index in [-0.39, 0.29) is 5.35 Å². The van der Waals surface area contributed by atoms with Crippen molar-refractivity contribution in [1.82, 2.24) is 4.98 Å². The van der Waals surface area contributed by atoms with Crippen LogP contribution in [0.4, 0.5) is 0 Å². The maximum atomic E-state index is 5.92. The Morgan fingerprint density at radius 2 is 1.65 bits per heavy atom. The van der Waals surface area contributed by atoms with Gasteiger partial charge < -0.3 is 9.15 Å². The van der Waals surface area contributed by atoms with E-state index in [0.29, 0.717) is 5.76 Å². The van der Waals surface area contributed by atoms with Crippen LogP contribution in [0.1, 0.15) is 0 Å². The van der Waals surface area contributed by atoms with Crippen LogP contribution in [0.3, 0.4) is 0 Å². The highest BCUT2D eigenvalue weighted by Gasteiger charge is 2.15. The number of benzene rings is 2. The van der Waals surface area contributed by atoms with Crippen LogP contribution in [-0.2, 0) is 0 Å². The lowest BCUT2D eigenvalue weighted by molar-refractivity contribution is 0.415. The van der Waals surface area contributed by atoms with Crippen molar-refractivity contribution < 1.29 is 9.15 Å². The third-order valence-corrected chi connectivity index (χ3v) is 3.16. The van der Waals surface area contributed by atoms with E-state index < -0.39 is 0 Å². The highest BCUT2D eigenvalue weighted by atomic mass is 35.5. The van der Waals surface area contributed by atoms with Gasteiger partial charge in [0.05, 0.1) is 7.11 Å². The zero-order chi connectivity index (χ0) is 13.9. The Morgan fingerprint density at radius 3 is 2.30 bits per heavy atom. The molecule has 3 nitrogen and oxygen atoms in total. The Labute approximate surface area is 121 Å². The predicted molar refractivity (Wildman–Crippen MR) is 78.9 cm³/mol. The first-order valence-corrected chi connectivity index (χ1v) is 6.52. The minimum atomic E-state index is 0.134. The summed E-state index contributed by atoms with van der Waals surface area (Å²) in [6.45, 7) is 0. The first-order valence-electron chi connectivity index (χ1n) is 6.14. The van der Waals surface area contributed by atoms with Gasteiger partial charge >= 0.3 is 0 Å². The molecule has 0 atom stereocenters. The molecule has 0 radical (unpaired) electrons. The molecule has 0 aliphatic carbocycles. The Hall–Kier alpha value is -2.26. The topological polar surface area (TPSA) is 35.3 Å². The fraction of sp³-hybridized carbons (Fsp3) is 0.0625. The van der Waals surface area contributed by atoms with Gasteiger partial charge in [-0.2, -0.15) is 4.98 Å². The van der Waals surface area contributed by atoms with Gasteiger partial charge in [-0.1, -0.05) is 30.3 Å². The SMILES string of the molecule is COc1ccc(-c2nc(Cl)oc2-c2ccccc2)cc1. The molecule has 0 amide bonds. The molecule has 0 N–H and O–H groups in total. The molecular weight excluding hydrogens is 274 g/mol. The smallest absolute Gasteiger partial charge is 0.293 e. The molecule has 3 rings (SSSR count). The van der Waals surface area contributed by atoms with Crippen molar-refractivity contribution in [2.75, 3.05) is 7.11 Å². The molecule has 1 heterocycles. The van der Waals surface area contributed by atoms with E-state index >= 15 is 0 Å². The van der Waals surface area contributed by atoms with Crippen LogP contribution in [0.2, 0.25) is 5.35 Å². The van der Waals surface area contributed by atoms with Crippen LogP contribution in [0.15, 0.2) is 59.0 Å². The summed E-state index contributed by atoms with van der Waals surface area (Å²) in [6.07, 6.45) is 0. The number of rotatable bonds is 3. The highest BCUT2D eigenvalue weighted by molar-refractivity contribution is 6.28. The summed E-state index contributed by atoms with van der Waals surface area (Å²) in [5.41, 5.74) is 2.60. The Morgan fingerprint density at radius 1 is 0.950 bits per heavy atom.